The molecule has 1 heterocycles. The lowest BCUT2D eigenvalue weighted by Crippen LogP contribution is -2.22. The summed E-state index contributed by atoms with van der Waals surface area (Å²) in [7, 11) is -0.593. The van der Waals surface area contributed by atoms with Gasteiger partial charge in [0, 0.05) is 30.6 Å². The molecular formula is C19H19N3O3S2. The third-order valence-electron chi connectivity index (χ3n) is 3.97. The standard InChI is InChI=1S/C19H19N3O3S2/c1-13-20-18(12-26-13)16-6-4-5-7-17(16)21-19(23)14-8-10-15(11-9-14)27(24,25)22(2)3/h4-12H,1-3H3,(H,21,23). The Kier molecular flexibility index (Phi) is 5.41. The summed E-state index contributed by atoms with van der Waals surface area (Å²) < 4.78 is 25.4. The fourth-order valence-electron chi connectivity index (χ4n) is 2.49. The lowest BCUT2D eigenvalue weighted by Gasteiger charge is -2.12. The van der Waals surface area contributed by atoms with Crippen LogP contribution in [0.3, 0.4) is 0 Å². The van der Waals surface area contributed by atoms with Crippen LogP contribution >= 0.6 is 11.3 Å². The molecule has 6 nitrogen and oxygen atoms in total. The van der Waals surface area contributed by atoms with Gasteiger partial charge in [-0.2, -0.15) is 0 Å². The molecule has 0 atom stereocenters. The lowest BCUT2D eigenvalue weighted by molar-refractivity contribution is 0.102. The van der Waals surface area contributed by atoms with Crippen molar-refractivity contribution in [2.24, 2.45) is 0 Å². The Bertz CT molecular complexity index is 1070. The molecule has 3 aromatic rings. The van der Waals surface area contributed by atoms with Crippen LogP contribution in [0.25, 0.3) is 11.3 Å². The second kappa shape index (κ2) is 7.59. The van der Waals surface area contributed by atoms with Gasteiger partial charge in [0.15, 0.2) is 0 Å². The van der Waals surface area contributed by atoms with Crippen molar-refractivity contribution in [1.82, 2.24) is 9.29 Å². The fraction of sp³-hybridized carbons (Fsp3) is 0.158. The summed E-state index contributed by atoms with van der Waals surface area (Å²) in [5.74, 6) is -0.316. The number of amides is 1. The summed E-state index contributed by atoms with van der Waals surface area (Å²) in [5, 5.41) is 5.77. The number of carbonyl (C=O) groups is 1. The highest BCUT2D eigenvalue weighted by atomic mass is 32.2. The summed E-state index contributed by atoms with van der Waals surface area (Å²) in [6.07, 6.45) is 0. The zero-order chi connectivity index (χ0) is 19.6. The molecule has 0 spiro atoms. The molecular weight excluding hydrogens is 382 g/mol. The average molecular weight is 402 g/mol. The van der Waals surface area contributed by atoms with E-state index in [-0.39, 0.29) is 10.8 Å². The predicted molar refractivity (Wildman–Crippen MR) is 108 cm³/mol. The van der Waals surface area contributed by atoms with Crippen LogP contribution in [0.15, 0.2) is 58.8 Å². The van der Waals surface area contributed by atoms with Gasteiger partial charge >= 0.3 is 0 Å². The molecule has 0 fully saturated rings. The second-order valence-corrected chi connectivity index (χ2v) is 9.28. The zero-order valence-corrected chi connectivity index (χ0v) is 16.8. The van der Waals surface area contributed by atoms with Crippen LogP contribution in [0.1, 0.15) is 15.4 Å². The molecule has 0 aliphatic heterocycles. The molecule has 1 amide bonds. The van der Waals surface area contributed by atoms with Gasteiger partial charge < -0.3 is 5.32 Å². The first kappa shape index (κ1) is 19.2. The first-order valence-corrected chi connectivity index (χ1v) is 10.5. The predicted octanol–water partition coefficient (Wildman–Crippen LogP) is 3.62. The number of hydrogen-bond acceptors (Lipinski definition) is 5. The molecule has 3 rings (SSSR count). The van der Waals surface area contributed by atoms with Crippen LogP contribution in [0, 0.1) is 6.92 Å². The van der Waals surface area contributed by atoms with Crippen molar-refractivity contribution in [2.45, 2.75) is 11.8 Å². The smallest absolute Gasteiger partial charge is 0.255 e. The maximum absolute atomic E-state index is 12.6. The zero-order valence-electron chi connectivity index (χ0n) is 15.1. The van der Waals surface area contributed by atoms with Crippen molar-refractivity contribution >= 4 is 33.0 Å². The molecule has 0 aliphatic carbocycles. The number of hydrogen-bond donors (Lipinski definition) is 1. The molecule has 0 bridgehead atoms. The van der Waals surface area contributed by atoms with Crippen LogP contribution in [-0.2, 0) is 10.0 Å². The molecule has 8 heteroatoms. The third kappa shape index (κ3) is 4.08. The van der Waals surface area contributed by atoms with E-state index in [2.05, 4.69) is 10.3 Å². The Labute approximate surface area is 162 Å². The van der Waals surface area contributed by atoms with Crippen molar-refractivity contribution in [2.75, 3.05) is 19.4 Å². The molecule has 1 N–H and O–H groups in total. The van der Waals surface area contributed by atoms with E-state index in [0.29, 0.717) is 11.3 Å². The van der Waals surface area contributed by atoms with E-state index in [9.17, 15) is 13.2 Å². The van der Waals surface area contributed by atoms with Crippen molar-refractivity contribution in [3.05, 3.63) is 64.5 Å². The van der Waals surface area contributed by atoms with Gasteiger partial charge in [-0.25, -0.2) is 17.7 Å². The van der Waals surface area contributed by atoms with Crippen LogP contribution in [-0.4, -0.2) is 37.7 Å². The summed E-state index contributed by atoms with van der Waals surface area (Å²) in [6.45, 7) is 1.93. The first-order chi connectivity index (χ1) is 12.8. The quantitative estimate of drug-likeness (QED) is 0.708. The fourth-order valence-corrected chi connectivity index (χ4v) is 4.00. The molecule has 2 aromatic carbocycles. The summed E-state index contributed by atoms with van der Waals surface area (Å²) in [4.78, 5) is 17.2. The third-order valence-corrected chi connectivity index (χ3v) is 6.57. The van der Waals surface area contributed by atoms with Gasteiger partial charge in [0.05, 0.1) is 21.3 Å². The summed E-state index contributed by atoms with van der Waals surface area (Å²) >= 11 is 1.54. The molecule has 1 aromatic heterocycles. The minimum Gasteiger partial charge on any atom is -0.321 e. The SMILES string of the molecule is Cc1nc(-c2ccccc2NC(=O)c2ccc(S(=O)(=O)N(C)C)cc2)cs1. The molecule has 0 saturated carbocycles. The van der Waals surface area contributed by atoms with Crippen molar-refractivity contribution in [3.63, 3.8) is 0 Å². The average Bonchev–Trinajstić information content (AvgIpc) is 3.08. The summed E-state index contributed by atoms with van der Waals surface area (Å²) in [6, 6.07) is 13.3. The number of aromatic nitrogens is 1. The van der Waals surface area contributed by atoms with E-state index in [1.165, 1.54) is 38.4 Å². The summed E-state index contributed by atoms with van der Waals surface area (Å²) in [5.41, 5.74) is 2.66. The normalized spacial score (nSPS) is 11.6. The van der Waals surface area contributed by atoms with E-state index in [0.717, 1.165) is 20.6 Å². The van der Waals surface area contributed by atoms with E-state index in [4.69, 9.17) is 0 Å². The number of nitrogens with one attached hydrogen (secondary N) is 1. The topological polar surface area (TPSA) is 79.4 Å². The van der Waals surface area contributed by atoms with E-state index >= 15 is 0 Å². The molecule has 0 saturated heterocycles. The Hall–Kier alpha value is -2.55. The minimum atomic E-state index is -3.52. The van der Waals surface area contributed by atoms with Crippen LogP contribution in [0.5, 0.6) is 0 Å². The molecule has 0 radical (unpaired) electrons. The van der Waals surface area contributed by atoms with Crippen LogP contribution in [0.2, 0.25) is 0 Å². The van der Waals surface area contributed by atoms with Gasteiger partial charge in [-0.1, -0.05) is 18.2 Å². The van der Waals surface area contributed by atoms with Gasteiger partial charge in [0.2, 0.25) is 10.0 Å². The van der Waals surface area contributed by atoms with Gasteiger partial charge in [-0.05, 0) is 37.3 Å². The molecule has 27 heavy (non-hydrogen) atoms. The Morgan fingerprint density at radius 3 is 2.33 bits per heavy atom. The van der Waals surface area contributed by atoms with Gasteiger partial charge in [-0.15, -0.1) is 11.3 Å². The van der Waals surface area contributed by atoms with Crippen molar-refractivity contribution < 1.29 is 13.2 Å². The minimum absolute atomic E-state index is 0.141. The molecule has 0 unspecified atom stereocenters. The van der Waals surface area contributed by atoms with E-state index in [1.54, 1.807) is 11.3 Å². The maximum atomic E-state index is 12.6. The van der Waals surface area contributed by atoms with Gasteiger partial charge in [0.25, 0.3) is 5.91 Å². The number of carbonyl (C=O) groups excluding carboxylic acids is 1. The highest BCUT2D eigenvalue weighted by Crippen LogP contribution is 2.29. The first-order valence-electron chi connectivity index (χ1n) is 8.14. The van der Waals surface area contributed by atoms with Gasteiger partial charge in [0.1, 0.15) is 0 Å². The van der Waals surface area contributed by atoms with Crippen LogP contribution in [0.4, 0.5) is 5.69 Å². The Balaban J connectivity index is 1.85. The number of para-hydroxylation sites is 1. The number of nitrogens with zero attached hydrogens (tertiary/aromatic N) is 2. The number of rotatable bonds is 5. The van der Waals surface area contributed by atoms with Crippen molar-refractivity contribution in [3.8, 4) is 11.3 Å². The van der Waals surface area contributed by atoms with Crippen LogP contribution < -0.4 is 5.32 Å². The number of benzene rings is 2. The monoisotopic (exact) mass is 401 g/mol. The lowest BCUT2D eigenvalue weighted by atomic mass is 10.1. The number of sulfonamides is 1. The van der Waals surface area contributed by atoms with Crippen molar-refractivity contribution in [1.29, 1.82) is 0 Å². The van der Waals surface area contributed by atoms with E-state index < -0.39 is 10.0 Å². The van der Waals surface area contributed by atoms with Gasteiger partial charge in [-0.3, -0.25) is 4.79 Å². The largest absolute Gasteiger partial charge is 0.321 e. The second-order valence-electron chi connectivity index (χ2n) is 6.06. The highest BCUT2D eigenvalue weighted by molar-refractivity contribution is 7.89. The number of aryl methyl sites for hydroxylation is 1. The number of anilines is 1. The molecule has 0 aliphatic rings. The number of thiazole rings is 1. The Morgan fingerprint density at radius 2 is 1.74 bits per heavy atom. The highest BCUT2D eigenvalue weighted by Gasteiger charge is 2.18. The van der Waals surface area contributed by atoms with E-state index in [1.807, 2.05) is 36.6 Å². The molecule has 140 valence electrons. The Morgan fingerprint density at radius 1 is 1.07 bits per heavy atom. The maximum Gasteiger partial charge on any atom is 0.255 e.